The summed E-state index contributed by atoms with van der Waals surface area (Å²) < 4.78 is 5.50. The number of carbonyl (C=O) groups is 2. The molecule has 2 atom stereocenters. The Morgan fingerprint density at radius 1 is 0.292 bits per heavy atom. The number of hydrogen-bond donors (Lipinski definition) is 3. The van der Waals surface area contributed by atoms with E-state index in [2.05, 4.69) is 43.5 Å². The molecule has 96 heavy (non-hydrogen) atoms. The van der Waals surface area contributed by atoms with Crippen LogP contribution in [0, 0.1) is 0 Å². The Labute approximate surface area is 602 Å². The number of nitrogens with one attached hydrogen (secondary N) is 1. The molecule has 0 spiro atoms. The van der Waals surface area contributed by atoms with Gasteiger partial charge in [-0.1, -0.05) is 461 Å². The Hall–Kier alpha value is -1.92. The highest BCUT2D eigenvalue weighted by atomic mass is 16.5. The Morgan fingerprint density at radius 2 is 0.521 bits per heavy atom. The number of esters is 1. The Balaban J connectivity index is 3.32. The van der Waals surface area contributed by atoms with Crippen LogP contribution in [-0.2, 0) is 14.3 Å². The van der Waals surface area contributed by atoms with Gasteiger partial charge in [0.15, 0.2) is 0 Å². The molecule has 0 saturated carbocycles. The Bertz CT molecular complexity index is 1560. The molecule has 0 aromatic carbocycles. The van der Waals surface area contributed by atoms with Gasteiger partial charge in [0.1, 0.15) is 0 Å². The highest BCUT2D eigenvalue weighted by Crippen LogP contribution is 2.21. The standard InChI is InChI=1S/C90H173NO5/c1-3-5-7-9-11-13-15-17-19-21-22-23-24-42-45-48-51-54-58-62-66-70-74-78-82-88(93)87(86-92)91-89(94)83-79-75-71-67-63-59-55-52-49-46-43-40-38-36-34-32-30-28-26-25-27-29-31-33-35-37-39-41-44-47-50-53-57-61-65-69-73-77-81-85-96-90(95)84-80-76-72-68-64-60-56-20-18-16-14-12-10-8-6-4-2/h14,16,20,56,78,82,87-88,92-93H,3-13,15,17-19,21-55,57-77,79-81,83-86H2,1-2H3,(H,91,94)/b16-14-,56-20-,82-78+. The summed E-state index contributed by atoms with van der Waals surface area (Å²) in [5.41, 5.74) is 0. The molecule has 0 saturated heterocycles. The van der Waals surface area contributed by atoms with Gasteiger partial charge in [0.05, 0.1) is 25.4 Å². The Kier molecular flexibility index (Phi) is 83.8. The van der Waals surface area contributed by atoms with Crippen molar-refractivity contribution < 1.29 is 24.5 Å². The van der Waals surface area contributed by atoms with Gasteiger partial charge >= 0.3 is 5.97 Å². The van der Waals surface area contributed by atoms with Crippen molar-refractivity contribution in [3.05, 3.63) is 36.5 Å². The van der Waals surface area contributed by atoms with Crippen LogP contribution in [-0.4, -0.2) is 47.4 Å². The van der Waals surface area contributed by atoms with Crippen molar-refractivity contribution in [2.24, 2.45) is 0 Å². The fourth-order valence-corrected chi connectivity index (χ4v) is 14.2. The van der Waals surface area contributed by atoms with Gasteiger partial charge in [0, 0.05) is 12.8 Å². The maximum absolute atomic E-state index is 12.6. The van der Waals surface area contributed by atoms with E-state index < -0.39 is 12.1 Å². The van der Waals surface area contributed by atoms with E-state index in [4.69, 9.17) is 4.74 Å². The van der Waals surface area contributed by atoms with Crippen molar-refractivity contribution >= 4 is 11.9 Å². The van der Waals surface area contributed by atoms with Gasteiger partial charge in [0.2, 0.25) is 5.91 Å². The number of carbonyl (C=O) groups excluding carboxylic acids is 2. The molecule has 0 heterocycles. The number of amides is 1. The third kappa shape index (κ3) is 81.0. The summed E-state index contributed by atoms with van der Waals surface area (Å²) >= 11 is 0. The van der Waals surface area contributed by atoms with E-state index in [0.717, 1.165) is 51.4 Å². The lowest BCUT2D eigenvalue weighted by Gasteiger charge is -2.20. The quantitative estimate of drug-likeness (QED) is 0.0320. The molecule has 0 aliphatic rings. The number of rotatable bonds is 84. The van der Waals surface area contributed by atoms with Gasteiger partial charge in [-0.15, -0.1) is 0 Å². The van der Waals surface area contributed by atoms with E-state index >= 15 is 0 Å². The second-order valence-electron chi connectivity index (χ2n) is 30.6. The monoisotopic (exact) mass is 1350 g/mol. The topological polar surface area (TPSA) is 95.9 Å². The molecule has 0 aliphatic carbocycles. The van der Waals surface area contributed by atoms with Crippen molar-refractivity contribution in [1.29, 1.82) is 0 Å². The summed E-state index contributed by atoms with van der Waals surface area (Å²) in [5, 5.41) is 23.3. The zero-order valence-corrected chi connectivity index (χ0v) is 65.4. The summed E-state index contributed by atoms with van der Waals surface area (Å²) in [4.78, 5) is 24.7. The molecule has 568 valence electrons. The summed E-state index contributed by atoms with van der Waals surface area (Å²) in [7, 11) is 0. The fraction of sp³-hybridized carbons (Fsp3) is 0.911. The van der Waals surface area contributed by atoms with E-state index in [1.54, 1.807) is 6.08 Å². The minimum absolute atomic E-state index is 0.0112. The number of unbranched alkanes of at least 4 members (excludes halogenated alkanes) is 69. The molecule has 0 aromatic rings. The minimum Gasteiger partial charge on any atom is -0.466 e. The number of allylic oxidation sites excluding steroid dienone is 5. The third-order valence-corrected chi connectivity index (χ3v) is 20.9. The molecule has 1 amide bonds. The molecule has 0 aromatic heterocycles. The molecule has 0 aliphatic heterocycles. The van der Waals surface area contributed by atoms with Crippen molar-refractivity contribution in [3.8, 4) is 0 Å². The van der Waals surface area contributed by atoms with Gasteiger partial charge < -0.3 is 20.3 Å². The van der Waals surface area contributed by atoms with E-state index in [1.807, 2.05) is 6.08 Å². The minimum atomic E-state index is -0.842. The van der Waals surface area contributed by atoms with E-state index in [1.165, 1.54) is 424 Å². The maximum Gasteiger partial charge on any atom is 0.305 e. The van der Waals surface area contributed by atoms with Crippen LogP contribution >= 0.6 is 0 Å². The van der Waals surface area contributed by atoms with Crippen LogP contribution in [0.2, 0.25) is 0 Å². The first-order valence-electron chi connectivity index (χ1n) is 44.3. The normalized spacial score (nSPS) is 12.6. The summed E-state index contributed by atoms with van der Waals surface area (Å²) in [6.07, 6.45) is 113. The SMILES string of the molecule is CCCCCC/C=C\C/C=C\CCCCCCCC(=O)OCCCCCCCCCCCCCCCCCCCCCCCCCCCCCCCCCCCCCCCCCC(=O)NC(CO)C(O)/C=C/CCCCCCCCCCCCCCCCCCCCCCCC. The number of aliphatic hydroxyl groups is 2. The van der Waals surface area contributed by atoms with E-state index in [-0.39, 0.29) is 18.5 Å². The predicted molar refractivity (Wildman–Crippen MR) is 426 cm³/mol. The zero-order chi connectivity index (χ0) is 69.1. The van der Waals surface area contributed by atoms with Crippen LogP contribution < -0.4 is 5.32 Å². The summed E-state index contributed by atoms with van der Waals surface area (Å²) in [5.74, 6) is -0.0450. The van der Waals surface area contributed by atoms with Crippen LogP contribution in [0.5, 0.6) is 0 Å². The van der Waals surface area contributed by atoms with Crippen molar-refractivity contribution in [2.75, 3.05) is 13.2 Å². The number of ether oxygens (including phenoxy) is 1. The molecule has 0 fully saturated rings. The van der Waals surface area contributed by atoms with Crippen LogP contribution in [0.15, 0.2) is 36.5 Å². The smallest absolute Gasteiger partial charge is 0.305 e. The van der Waals surface area contributed by atoms with Crippen LogP contribution in [0.25, 0.3) is 0 Å². The molecule has 3 N–H and O–H groups in total. The van der Waals surface area contributed by atoms with Gasteiger partial charge in [-0.3, -0.25) is 9.59 Å². The third-order valence-electron chi connectivity index (χ3n) is 20.9. The van der Waals surface area contributed by atoms with Gasteiger partial charge in [-0.05, 0) is 64.2 Å². The number of hydrogen-bond acceptors (Lipinski definition) is 5. The highest BCUT2D eigenvalue weighted by Gasteiger charge is 2.18. The average Bonchev–Trinajstić information content (AvgIpc) is 2.37. The lowest BCUT2D eigenvalue weighted by molar-refractivity contribution is -0.143. The maximum atomic E-state index is 12.6. The van der Waals surface area contributed by atoms with Gasteiger partial charge in [-0.25, -0.2) is 0 Å². The van der Waals surface area contributed by atoms with E-state index in [9.17, 15) is 19.8 Å². The average molecular weight is 1350 g/mol. The van der Waals surface area contributed by atoms with Crippen LogP contribution in [0.4, 0.5) is 0 Å². The first-order chi connectivity index (χ1) is 47.5. The first kappa shape index (κ1) is 94.1. The second kappa shape index (κ2) is 85.5. The lowest BCUT2D eigenvalue weighted by Crippen LogP contribution is -2.45. The molecule has 0 radical (unpaired) electrons. The largest absolute Gasteiger partial charge is 0.466 e. The fourth-order valence-electron chi connectivity index (χ4n) is 14.2. The highest BCUT2D eigenvalue weighted by molar-refractivity contribution is 5.76. The molecule has 0 bridgehead atoms. The van der Waals surface area contributed by atoms with Crippen molar-refractivity contribution in [1.82, 2.24) is 5.32 Å². The molecule has 6 heteroatoms. The number of aliphatic hydroxyl groups excluding tert-OH is 2. The molecule has 6 nitrogen and oxygen atoms in total. The molecular weight excluding hydrogens is 1170 g/mol. The summed E-state index contributed by atoms with van der Waals surface area (Å²) in [6, 6.07) is -0.625. The van der Waals surface area contributed by atoms with Crippen LogP contribution in [0.3, 0.4) is 0 Å². The Morgan fingerprint density at radius 3 is 0.802 bits per heavy atom. The van der Waals surface area contributed by atoms with Gasteiger partial charge in [0.25, 0.3) is 0 Å². The lowest BCUT2D eigenvalue weighted by atomic mass is 10.0. The van der Waals surface area contributed by atoms with Gasteiger partial charge in [-0.2, -0.15) is 0 Å². The van der Waals surface area contributed by atoms with Crippen molar-refractivity contribution in [2.45, 2.75) is 514 Å². The first-order valence-corrected chi connectivity index (χ1v) is 44.3. The second-order valence-corrected chi connectivity index (χ2v) is 30.6. The zero-order valence-electron chi connectivity index (χ0n) is 65.4. The van der Waals surface area contributed by atoms with E-state index in [0.29, 0.717) is 19.4 Å². The summed E-state index contributed by atoms with van der Waals surface area (Å²) in [6.45, 7) is 4.94. The molecule has 2 unspecified atom stereocenters. The predicted octanol–water partition coefficient (Wildman–Crippen LogP) is 29.7. The molecular formula is C90H173NO5. The van der Waals surface area contributed by atoms with Crippen molar-refractivity contribution in [3.63, 3.8) is 0 Å². The molecule has 0 rings (SSSR count). The van der Waals surface area contributed by atoms with Crippen LogP contribution in [0.1, 0.15) is 502 Å².